The Hall–Kier alpha value is -2.27. The minimum absolute atomic E-state index is 0.141. The van der Waals surface area contributed by atoms with E-state index in [1.165, 1.54) is 5.56 Å². The van der Waals surface area contributed by atoms with E-state index in [1.807, 2.05) is 37.4 Å². The van der Waals surface area contributed by atoms with Crippen LogP contribution in [0.5, 0.6) is 0 Å². The lowest BCUT2D eigenvalue weighted by Gasteiger charge is -2.15. The lowest BCUT2D eigenvalue weighted by molar-refractivity contribution is -0.124. The van der Waals surface area contributed by atoms with Gasteiger partial charge in [-0.1, -0.05) is 31.2 Å². The van der Waals surface area contributed by atoms with Crippen molar-refractivity contribution in [1.82, 2.24) is 5.32 Å². The molecule has 2 aromatic rings. The van der Waals surface area contributed by atoms with E-state index in [2.05, 4.69) is 24.4 Å². The molecule has 0 bridgehead atoms. The summed E-state index contributed by atoms with van der Waals surface area (Å²) in [6.07, 6.45) is 2.95. The van der Waals surface area contributed by atoms with E-state index in [-0.39, 0.29) is 18.6 Å². The summed E-state index contributed by atoms with van der Waals surface area (Å²) in [6.45, 7) is 3.71. The molecule has 4 nitrogen and oxygen atoms in total. The van der Waals surface area contributed by atoms with E-state index in [4.69, 9.17) is 4.74 Å². The van der Waals surface area contributed by atoms with Crippen molar-refractivity contribution in [2.24, 2.45) is 0 Å². The van der Waals surface area contributed by atoms with Gasteiger partial charge in [0.25, 0.3) is 5.91 Å². The molecule has 25 heavy (non-hydrogen) atoms. The molecule has 0 spiro atoms. The number of aryl methyl sites for hydroxylation is 1. The second kappa shape index (κ2) is 9.28. The van der Waals surface area contributed by atoms with Crippen LogP contribution in [0.2, 0.25) is 0 Å². The van der Waals surface area contributed by atoms with E-state index < -0.39 is 5.97 Å². The maximum Gasteiger partial charge on any atom is 0.338 e. The Morgan fingerprint density at radius 2 is 1.72 bits per heavy atom. The summed E-state index contributed by atoms with van der Waals surface area (Å²) < 4.78 is 5.08. The highest BCUT2D eigenvalue weighted by Crippen LogP contribution is 2.16. The minimum Gasteiger partial charge on any atom is -0.452 e. The van der Waals surface area contributed by atoms with Gasteiger partial charge in [-0.3, -0.25) is 4.79 Å². The Kier molecular flexibility index (Phi) is 7.07. The van der Waals surface area contributed by atoms with Crippen molar-refractivity contribution in [3.8, 4) is 0 Å². The van der Waals surface area contributed by atoms with Gasteiger partial charge in [-0.2, -0.15) is 0 Å². The van der Waals surface area contributed by atoms with Crippen LogP contribution in [-0.2, 0) is 16.0 Å². The largest absolute Gasteiger partial charge is 0.452 e. The molecule has 1 amide bonds. The monoisotopic (exact) mass is 357 g/mol. The summed E-state index contributed by atoms with van der Waals surface area (Å²) in [6, 6.07) is 15.1. The first-order valence-corrected chi connectivity index (χ1v) is 9.45. The first kappa shape index (κ1) is 19.1. The van der Waals surface area contributed by atoms with E-state index in [0.717, 1.165) is 16.9 Å². The maximum absolute atomic E-state index is 12.0. The van der Waals surface area contributed by atoms with Gasteiger partial charge in [-0.05, 0) is 55.0 Å². The topological polar surface area (TPSA) is 55.4 Å². The fourth-order valence-corrected chi connectivity index (χ4v) is 2.76. The Labute approximate surface area is 153 Å². The second-order valence-corrected chi connectivity index (χ2v) is 6.57. The minimum atomic E-state index is -0.497. The molecule has 0 heterocycles. The van der Waals surface area contributed by atoms with Crippen molar-refractivity contribution < 1.29 is 14.3 Å². The summed E-state index contributed by atoms with van der Waals surface area (Å²) in [7, 11) is 0. The smallest absolute Gasteiger partial charge is 0.338 e. The number of amides is 1. The maximum atomic E-state index is 12.0. The number of ether oxygens (including phenoxy) is 1. The number of carbonyl (C=O) groups is 2. The van der Waals surface area contributed by atoms with Crippen molar-refractivity contribution in [3.63, 3.8) is 0 Å². The third-order valence-electron chi connectivity index (χ3n) is 3.93. The average molecular weight is 357 g/mol. The molecule has 132 valence electrons. The van der Waals surface area contributed by atoms with Crippen LogP contribution in [0.25, 0.3) is 0 Å². The molecule has 2 aromatic carbocycles. The van der Waals surface area contributed by atoms with Crippen molar-refractivity contribution in [2.45, 2.75) is 31.2 Å². The highest BCUT2D eigenvalue weighted by atomic mass is 32.2. The summed E-state index contributed by atoms with van der Waals surface area (Å²) in [5.74, 6) is -0.816. The van der Waals surface area contributed by atoms with Gasteiger partial charge in [0.2, 0.25) is 0 Å². The van der Waals surface area contributed by atoms with Crippen molar-refractivity contribution in [2.75, 3.05) is 12.9 Å². The molecule has 0 fully saturated rings. The quantitative estimate of drug-likeness (QED) is 0.601. The van der Waals surface area contributed by atoms with Crippen molar-refractivity contribution in [1.29, 1.82) is 0 Å². The van der Waals surface area contributed by atoms with Crippen LogP contribution in [0.15, 0.2) is 53.4 Å². The zero-order valence-corrected chi connectivity index (χ0v) is 15.6. The molecule has 0 aliphatic heterocycles. The van der Waals surface area contributed by atoms with Gasteiger partial charge in [0.1, 0.15) is 0 Å². The molecule has 2 rings (SSSR count). The molecule has 0 aliphatic carbocycles. The number of nitrogens with one attached hydrogen (secondary N) is 1. The number of thioether (sulfide) groups is 1. The number of carbonyl (C=O) groups excluding carboxylic acids is 2. The van der Waals surface area contributed by atoms with E-state index in [9.17, 15) is 9.59 Å². The Morgan fingerprint density at radius 1 is 1.08 bits per heavy atom. The number of esters is 1. The fraction of sp³-hybridized carbons (Fsp3) is 0.300. The van der Waals surface area contributed by atoms with Crippen LogP contribution in [0.4, 0.5) is 0 Å². The molecule has 1 atom stereocenters. The van der Waals surface area contributed by atoms with E-state index in [0.29, 0.717) is 5.56 Å². The molecule has 0 aromatic heterocycles. The van der Waals surface area contributed by atoms with Crippen LogP contribution < -0.4 is 5.32 Å². The highest BCUT2D eigenvalue weighted by molar-refractivity contribution is 7.98. The summed E-state index contributed by atoms with van der Waals surface area (Å²) in [5.41, 5.74) is 2.71. The third kappa shape index (κ3) is 5.64. The third-order valence-corrected chi connectivity index (χ3v) is 4.67. The number of hydrogen-bond acceptors (Lipinski definition) is 4. The summed E-state index contributed by atoms with van der Waals surface area (Å²) in [4.78, 5) is 25.0. The molecule has 0 unspecified atom stereocenters. The lowest BCUT2D eigenvalue weighted by atomic mass is 10.1. The van der Waals surface area contributed by atoms with E-state index >= 15 is 0 Å². The zero-order chi connectivity index (χ0) is 18.2. The van der Waals surface area contributed by atoms with Gasteiger partial charge in [0.05, 0.1) is 11.6 Å². The number of rotatable bonds is 7. The van der Waals surface area contributed by atoms with Crippen molar-refractivity contribution in [3.05, 3.63) is 65.2 Å². The van der Waals surface area contributed by atoms with Crippen LogP contribution in [0.1, 0.15) is 41.4 Å². The van der Waals surface area contributed by atoms with Gasteiger partial charge >= 0.3 is 5.97 Å². The number of benzene rings is 2. The van der Waals surface area contributed by atoms with Gasteiger partial charge in [0.15, 0.2) is 6.61 Å². The molecular formula is C20H23NO3S. The SMILES string of the molecule is CCc1ccc([C@H](C)NC(=O)COC(=O)c2ccc(SC)cc2)cc1. The zero-order valence-electron chi connectivity index (χ0n) is 14.7. The fourth-order valence-electron chi connectivity index (χ4n) is 2.35. The second-order valence-electron chi connectivity index (χ2n) is 5.69. The molecule has 0 aliphatic rings. The standard InChI is InChI=1S/C20H23NO3S/c1-4-15-5-7-16(8-6-15)14(2)21-19(22)13-24-20(23)17-9-11-18(25-3)12-10-17/h5-12,14H,4,13H2,1-3H3,(H,21,22)/t14-/m0/s1. The van der Waals surface area contributed by atoms with E-state index in [1.54, 1.807) is 23.9 Å². The van der Waals surface area contributed by atoms with Crippen LogP contribution >= 0.6 is 11.8 Å². The van der Waals surface area contributed by atoms with Gasteiger partial charge in [-0.25, -0.2) is 4.79 Å². The Balaban J connectivity index is 1.83. The Morgan fingerprint density at radius 3 is 2.28 bits per heavy atom. The van der Waals surface area contributed by atoms with Crippen molar-refractivity contribution >= 4 is 23.6 Å². The Bertz CT molecular complexity index is 711. The highest BCUT2D eigenvalue weighted by Gasteiger charge is 2.13. The van der Waals surface area contributed by atoms with Crippen LogP contribution in [0.3, 0.4) is 0 Å². The molecular weight excluding hydrogens is 334 g/mol. The molecule has 0 saturated carbocycles. The first-order valence-electron chi connectivity index (χ1n) is 8.23. The molecule has 5 heteroatoms. The van der Waals surface area contributed by atoms with Gasteiger partial charge in [-0.15, -0.1) is 11.8 Å². The first-order chi connectivity index (χ1) is 12.0. The lowest BCUT2D eigenvalue weighted by Crippen LogP contribution is -2.31. The average Bonchev–Trinajstić information content (AvgIpc) is 2.66. The molecule has 1 N–H and O–H groups in total. The van der Waals surface area contributed by atoms with Crippen LogP contribution in [-0.4, -0.2) is 24.7 Å². The number of hydrogen-bond donors (Lipinski definition) is 1. The summed E-state index contributed by atoms with van der Waals surface area (Å²) >= 11 is 1.60. The van der Waals surface area contributed by atoms with Gasteiger partial charge < -0.3 is 10.1 Å². The predicted molar refractivity (Wildman–Crippen MR) is 101 cm³/mol. The van der Waals surface area contributed by atoms with Crippen LogP contribution in [0, 0.1) is 0 Å². The normalized spacial score (nSPS) is 11.6. The van der Waals surface area contributed by atoms with Gasteiger partial charge in [0, 0.05) is 4.90 Å². The molecule has 0 radical (unpaired) electrons. The summed E-state index contributed by atoms with van der Waals surface area (Å²) in [5, 5.41) is 2.84. The molecule has 0 saturated heterocycles. The predicted octanol–water partition coefficient (Wildman–Crippen LogP) is 4.01.